The highest BCUT2D eigenvalue weighted by Crippen LogP contribution is 2.38. The summed E-state index contributed by atoms with van der Waals surface area (Å²) >= 11 is 5.89. The van der Waals surface area contributed by atoms with Gasteiger partial charge in [0.1, 0.15) is 5.72 Å². The number of likely N-dealkylation sites (tertiary alicyclic amines) is 1. The second-order valence-electron chi connectivity index (χ2n) is 6.63. The highest BCUT2D eigenvalue weighted by molar-refractivity contribution is 6.30. The number of carboxylic acid groups (broad SMARTS) is 1. The predicted molar refractivity (Wildman–Crippen MR) is 93.7 cm³/mol. The molecule has 2 heterocycles. The fourth-order valence-electron chi connectivity index (χ4n) is 3.73. The molecule has 3 rings (SSSR count). The normalized spacial score (nSPS) is 23.1. The van der Waals surface area contributed by atoms with Crippen LogP contribution >= 0.6 is 11.6 Å². The molecule has 0 bridgehead atoms. The van der Waals surface area contributed by atoms with E-state index in [0.717, 1.165) is 26.1 Å². The van der Waals surface area contributed by atoms with Crippen LogP contribution in [0.25, 0.3) is 0 Å². The molecule has 1 atom stereocenters. The largest absolute Gasteiger partial charge is 0.480 e. The summed E-state index contributed by atoms with van der Waals surface area (Å²) in [4.78, 5) is 28.5. The van der Waals surface area contributed by atoms with Crippen molar-refractivity contribution in [3.63, 3.8) is 0 Å². The zero-order chi connectivity index (χ0) is 18.0. The quantitative estimate of drug-likeness (QED) is 0.886. The first-order chi connectivity index (χ1) is 12.0. The molecule has 0 aliphatic carbocycles. The zero-order valence-corrected chi connectivity index (χ0v) is 15.0. The van der Waals surface area contributed by atoms with Crippen LogP contribution in [0.2, 0.25) is 5.02 Å². The van der Waals surface area contributed by atoms with Gasteiger partial charge in [-0.3, -0.25) is 9.69 Å². The van der Waals surface area contributed by atoms with E-state index in [0.29, 0.717) is 23.4 Å². The predicted octanol–water partition coefficient (Wildman–Crippen LogP) is 2.47. The third-order valence-corrected chi connectivity index (χ3v) is 5.28. The van der Waals surface area contributed by atoms with Gasteiger partial charge in [0.2, 0.25) is 0 Å². The van der Waals surface area contributed by atoms with Crippen molar-refractivity contribution in [2.75, 3.05) is 26.2 Å². The van der Waals surface area contributed by atoms with Gasteiger partial charge in [-0.05, 0) is 37.2 Å². The van der Waals surface area contributed by atoms with Gasteiger partial charge in [0.05, 0.1) is 6.61 Å². The lowest BCUT2D eigenvalue weighted by molar-refractivity contribution is -0.143. The first-order valence-corrected chi connectivity index (χ1v) is 9.03. The number of hydrogen-bond acceptors (Lipinski definition) is 4. The summed E-state index contributed by atoms with van der Waals surface area (Å²) in [7, 11) is 0. The van der Waals surface area contributed by atoms with Gasteiger partial charge >= 0.3 is 5.97 Å². The molecular weight excluding hydrogens is 344 g/mol. The molecule has 2 aliphatic rings. The van der Waals surface area contributed by atoms with Gasteiger partial charge in [-0.25, -0.2) is 4.79 Å². The number of carbonyl (C=O) groups is 2. The number of piperidine rings is 1. The van der Waals surface area contributed by atoms with Crippen LogP contribution < -0.4 is 0 Å². The van der Waals surface area contributed by atoms with E-state index in [2.05, 4.69) is 11.8 Å². The number of halogens is 1. The van der Waals surface area contributed by atoms with Crippen molar-refractivity contribution in [1.29, 1.82) is 0 Å². The van der Waals surface area contributed by atoms with Crippen LogP contribution in [-0.4, -0.2) is 64.8 Å². The lowest BCUT2D eigenvalue weighted by Crippen LogP contribution is -2.58. The number of ether oxygens (including phenoxy) is 1. The van der Waals surface area contributed by atoms with Crippen molar-refractivity contribution in [3.8, 4) is 0 Å². The first kappa shape index (κ1) is 18.2. The Bertz CT molecular complexity index is 641. The molecule has 2 aliphatic heterocycles. The van der Waals surface area contributed by atoms with Crippen molar-refractivity contribution < 1.29 is 19.4 Å². The number of aliphatic carboxylic acids is 1. The fraction of sp³-hybridized carbons (Fsp3) is 0.556. The minimum Gasteiger partial charge on any atom is -0.480 e. The summed E-state index contributed by atoms with van der Waals surface area (Å²) in [5.74, 6) is -1.35. The van der Waals surface area contributed by atoms with Crippen LogP contribution in [0.1, 0.15) is 36.5 Å². The standard InChI is InChI=1S/C18H23ClN2O4/c1-2-9-20-10-7-18(8-11-20)21(15(12-25-18)17(23)24)16(22)13-3-5-14(19)6-4-13/h3-6,15H,2,7-12H2,1H3,(H,23,24)/t15-/m0/s1. The van der Waals surface area contributed by atoms with Gasteiger partial charge in [-0.2, -0.15) is 0 Å². The number of benzene rings is 1. The molecular formula is C18H23ClN2O4. The van der Waals surface area contributed by atoms with Crippen molar-refractivity contribution in [2.45, 2.75) is 38.0 Å². The molecule has 1 aromatic rings. The average Bonchev–Trinajstić information content (AvgIpc) is 2.96. The second kappa shape index (κ2) is 7.32. The van der Waals surface area contributed by atoms with E-state index < -0.39 is 17.7 Å². The smallest absolute Gasteiger partial charge is 0.328 e. The Balaban J connectivity index is 1.87. The van der Waals surface area contributed by atoms with Crippen LogP contribution in [0.5, 0.6) is 0 Å². The number of carbonyl (C=O) groups excluding carboxylic acids is 1. The molecule has 0 unspecified atom stereocenters. The first-order valence-electron chi connectivity index (χ1n) is 8.65. The molecule has 25 heavy (non-hydrogen) atoms. The Labute approximate surface area is 152 Å². The van der Waals surface area contributed by atoms with E-state index in [9.17, 15) is 14.7 Å². The lowest BCUT2D eigenvalue weighted by Gasteiger charge is -2.44. The summed E-state index contributed by atoms with van der Waals surface area (Å²) in [5.41, 5.74) is -0.402. The van der Waals surface area contributed by atoms with Crippen molar-refractivity contribution in [3.05, 3.63) is 34.9 Å². The van der Waals surface area contributed by atoms with E-state index in [-0.39, 0.29) is 12.5 Å². The molecule has 6 nitrogen and oxygen atoms in total. The van der Waals surface area contributed by atoms with Crippen molar-refractivity contribution >= 4 is 23.5 Å². The minimum absolute atomic E-state index is 0.0302. The van der Waals surface area contributed by atoms with Crippen LogP contribution in [-0.2, 0) is 9.53 Å². The van der Waals surface area contributed by atoms with E-state index in [4.69, 9.17) is 16.3 Å². The second-order valence-corrected chi connectivity index (χ2v) is 7.07. The molecule has 2 fully saturated rings. The van der Waals surface area contributed by atoms with Crippen LogP contribution in [0.4, 0.5) is 0 Å². The third kappa shape index (κ3) is 3.52. The SMILES string of the molecule is CCCN1CCC2(CC1)OC[C@@H](C(=O)O)N2C(=O)c1ccc(Cl)cc1. The number of amides is 1. The number of hydrogen-bond donors (Lipinski definition) is 1. The number of carboxylic acids is 1. The topological polar surface area (TPSA) is 70.1 Å². The van der Waals surface area contributed by atoms with Gasteiger partial charge in [0, 0.05) is 36.5 Å². The molecule has 2 saturated heterocycles. The molecule has 136 valence electrons. The van der Waals surface area contributed by atoms with Crippen molar-refractivity contribution in [1.82, 2.24) is 9.80 Å². The maximum absolute atomic E-state index is 13.1. The van der Waals surface area contributed by atoms with Crippen LogP contribution in [0.3, 0.4) is 0 Å². The Morgan fingerprint density at radius 2 is 1.92 bits per heavy atom. The summed E-state index contributed by atoms with van der Waals surface area (Å²) in [6.07, 6.45) is 2.31. The zero-order valence-electron chi connectivity index (χ0n) is 14.3. The van der Waals surface area contributed by atoms with Gasteiger partial charge in [0.25, 0.3) is 5.91 Å². The van der Waals surface area contributed by atoms with Gasteiger partial charge < -0.3 is 14.7 Å². The molecule has 1 spiro atoms. The van der Waals surface area contributed by atoms with Crippen molar-refractivity contribution in [2.24, 2.45) is 0 Å². The molecule has 0 radical (unpaired) electrons. The number of nitrogens with zero attached hydrogens (tertiary/aromatic N) is 2. The van der Waals surface area contributed by atoms with Gasteiger partial charge in [-0.15, -0.1) is 0 Å². The Hall–Kier alpha value is -1.63. The minimum atomic E-state index is -1.03. The monoisotopic (exact) mass is 366 g/mol. The lowest BCUT2D eigenvalue weighted by atomic mass is 9.96. The maximum atomic E-state index is 13.1. The van der Waals surface area contributed by atoms with Crippen LogP contribution in [0.15, 0.2) is 24.3 Å². The highest BCUT2D eigenvalue weighted by atomic mass is 35.5. The highest BCUT2D eigenvalue weighted by Gasteiger charge is 2.53. The van der Waals surface area contributed by atoms with Crippen LogP contribution in [0, 0.1) is 0 Å². The summed E-state index contributed by atoms with van der Waals surface area (Å²) < 4.78 is 5.93. The van der Waals surface area contributed by atoms with E-state index in [1.54, 1.807) is 24.3 Å². The maximum Gasteiger partial charge on any atom is 0.328 e. The van der Waals surface area contributed by atoms with E-state index in [1.165, 1.54) is 4.90 Å². The summed E-state index contributed by atoms with van der Waals surface area (Å²) in [6, 6.07) is 5.57. The Kier molecular flexibility index (Phi) is 5.32. The fourth-order valence-corrected chi connectivity index (χ4v) is 3.86. The van der Waals surface area contributed by atoms with E-state index in [1.807, 2.05) is 0 Å². The van der Waals surface area contributed by atoms with E-state index >= 15 is 0 Å². The Morgan fingerprint density at radius 1 is 1.28 bits per heavy atom. The Morgan fingerprint density at radius 3 is 2.48 bits per heavy atom. The molecule has 0 saturated carbocycles. The summed E-state index contributed by atoms with van der Waals surface area (Å²) in [6.45, 7) is 4.76. The van der Waals surface area contributed by atoms with Gasteiger partial charge in [-0.1, -0.05) is 18.5 Å². The molecule has 1 aromatic carbocycles. The molecule has 1 N–H and O–H groups in total. The van der Waals surface area contributed by atoms with Gasteiger partial charge in [0.15, 0.2) is 6.04 Å². The summed E-state index contributed by atoms with van der Waals surface area (Å²) in [5, 5.41) is 10.1. The molecule has 0 aromatic heterocycles. The molecule has 7 heteroatoms. The average molecular weight is 367 g/mol. The third-order valence-electron chi connectivity index (χ3n) is 5.03. The molecule has 1 amide bonds. The number of rotatable bonds is 4.